The van der Waals surface area contributed by atoms with E-state index in [1.54, 1.807) is 11.5 Å². The molecule has 0 radical (unpaired) electrons. The molecule has 2 unspecified atom stereocenters. The van der Waals surface area contributed by atoms with Crippen molar-refractivity contribution in [1.82, 2.24) is 9.69 Å². The maximum atomic E-state index is 4.60. The SMILES string of the molecule is C=C(/C=C/c1cccc(C)c1)NCC1CC1CC.CCCN(CCC)c1nsc2ccccc12. The third kappa shape index (κ3) is 7.73. The lowest BCUT2D eigenvalue weighted by Crippen LogP contribution is -2.25. The van der Waals surface area contributed by atoms with E-state index in [9.17, 15) is 0 Å². The zero-order chi connectivity index (χ0) is 24.3. The van der Waals surface area contributed by atoms with Crippen molar-refractivity contribution in [1.29, 1.82) is 0 Å². The van der Waals surface area contributed by atoms with Gasteiger partial charge in [-0.3, -0.25) is 0 Å². The van der Waals surface area contributed by atoms with Gasteiger partial charge in [-0.15, -0.1) is 0 Å². The maximum absolute atomic E-state index is 4.60. The summed E-state index contributed by atoms with van der Waals surface area (Å²) in [5, 5.41) is 4.71. The molecule has 3 nitrogen and oxygen atoms in total. The van der Waals surface area contributed by atoms with Crippen molar-refractivity contribution in [3.63, 3.8) is 0 Å². The average molecular weight is 476 g/mol. The summed E-state index contributed by atoms with van der Waals surface area (Å²) in [6.07, 6.45) is 9.23. The highest BCUT2D eigenvalue weighted by Gasteiger charge is 2.34. The topological polar surface area (TPSA) is 28.2 Å². The van der Waals surface area contributed by atoms with Crippen molar-refractivity contribution in [2.45, 2.75) is 53.4 Å². The van der Waals surface area contributed by atoms with E-state index >= 15 is 0 Å². The lowest BCUT2D eigenvalue weighted by Gasteiger charge is -2.21. The van der Waals surface area contributed by atoms with Crippen LogP contribution in [0.15, 0.2) is 66.9 Å². The first-order valence-corrected chi connectivity index (χ1v) is 13.6. The van der Waals surface area contributed by atoms with Gasteiger partial charge in [0.2, 0.25) is 0 Å². The molecule has 4 heteroatoms. The zero-order valence-electron chi connectivity index (χ0n) is 21.4. The number of aryl methyl sites for hydroxylation is 1. The van der Waals surface area contributed by atoms with Crippen LogP contribution in [0.5, 0.6) is 0 Å². The minimum absolute atomic E-state index is 0.874. The highest BCUT2D eigenvalue weighted by atomic mass is 32.1. The third-order valence-electron chi connectivity index (χ3n) is 6.35. The van der Waals surface area contributed by atoms with Crippen LogP contribution >= 0.6 is 11.5 Å². The van der Waals surface area contributed by atoms with Crippen LogP contribution in [0.4, 0.5) is 5.82 Å². The van der Waals surface area contributed by atoms with Crippen molar-refractivity contribution in [3.05, 3.63) is 78.0 Å². The molecule has 1 N–H and O–H groups in total. The van der Waals surface area contributed by atoms with E-state index in [1.165, 1.54) is 52.7 Å². The van der Waals surface area contributed by atoms with Crippen LogP contribution in [0.3, 0.4) is 0 Å². The number of fused-ring (bicyclic) bond motifs is 1. The smallest absolute Gasteiger partial charge is 0.150 e. The average Bonchev–Trinajstić information content (AvgIpc) is 3.49. The summed E-state index contributed by atoms with van der Waals surface area (Å²) in [5.74, 6) is 2.99. The van der Waals surface area contributed by atoms with Crippen LogP contribution in [0, 0.1) is 18.8 Å². The minimum atomic E-state index is 0.874. The number of benzene rings is 2. The molecule has 2 atom stereocenters. The van der Waals surface area contributed by atoms with Gasteiger partial charge in [-0.05, 0) is 73.3 Å². The van der Waals surface area contributed by atoms with Crippen molar-refractivity contribution in [2.24, 2.45) is 11.8 Å². The van der Waals surface area contributed by atoms with E-state index in [2.05, 4.69) is 110 Å². The molecule has 0 bridgehead atoms. The van der Waals surface area contributed by atoms with Crippen LogP contribution in [0.2, 0.25) is 0 Å². The molecule has 1 aliphatic carbocycles. The Balaban J connectivity index is 0.000000192. The molecule has 1 heterocycles. The Kier molecular flexibility index (Phi) is 10.2. The Morgan fingerprint density at radius 1 is 1.09 bits per heavy atom. The third-order valence-corrected chi connectivity index (χ3v) is 7.17. The van der Waals surface area contributed by atoms with Gasteiger partial charge >= 0.3 is 0 Å². The van der Waals surface area contributed by atoms with Crippen LogP contribution < -0.4 is 10.2 Å². The Morgan fingerprint density at radius 2 is 1.85 bits per heavy atom. The Labute approximate surface area is 210 Å². The van der Waals surface area contributed by atoms with Crippen LogP contribution in [-0.2, 0) is 0 Å². The number of rotatable bonds is 11. The van der Waals surface area contributed by atoms with Gasteiger partial charge in [0.25, 0.3) is 0 Å². The largest absolute Gasteiger partial charge is 0.385 e. The zero-order valence-corrected chi connectivity index (χ0v) is 22.2. The van der Waals surface area contributed by atoms with Crippen LogP contribution in [-0.4, -0.2) is 24.0 Å². The first-order valence-electron chi connectivity index (χ1n) is 12.8. The second kappa shape index (κ2) is 13.3. The van der Waals surface area contributed by atoms with Crippen molar-refractivity contribution in [2.75, 3.05) is 24.5 Å². The monoisotopic (exact) mass is 475 g/mol. The fourth-order valence-electron chi connectivity index (χ4n) is 4.32. The summed E-state index contributed by atoms with van der Waals surface area (Å²) >= 11 is 1.60. The van der Waals surface area contributed by atoms with Crippen LogP contribution in [0.1, 0.15) is 57.6 Å². The molecule has 0 saturated heterocycles. The highest BCUT2D eigenvalue weighted by Crippen LogP contribution is 2.40. The Bertz CT molecular complexity index is 1060. The molecule has 0 amide bonds. The van der Waals surface area contributed by atoms with Gasteiger partial charge in [0.1, 0.15) is 5.82 Å². The van der Waals surface area contributed by atoms with Gasteiger partial charge < -0.3 is 10.2 Å². The van der Waals surface area contributed by atoms with E-state index in [0.717, 1.165) is 37.2 Å². The fraction of sp³-hybridized carbons (Fsp3) is 0.433. The molecule has 3 aromatic rings. The maximum Gasteiger partial charge on any atom is 0.150 e. The molecule has 1 fully saturated rings. The van der Waals surface area contributed by atoms with Crippen LogP contribution in [0.25, 0.3) is 16.2 Å². The summed E-state index contributed by atoms with van der Waals surface area (Å²) in [7, 11) is 0. The van der Waals surface area contributed by atoms with Gasteiger partial charge in [-0.25, -0.2) is 0 Å². The normalized spacial score (nSPS) is 16.8. The summed E-state index contributed by atoms with van der Waals surface area (Å²) in [6.45, 7) is 16.1. The molecule has 1 aliphatic rings. The van der Waals surface area contributed by atoms with E-state index < -0.39 is 0 Å². The molecule has 182 valence electrons. The standard InChI is InChI=1S/C17H23N.C13H18N2S/c1-4-16-11-17(16)12-18-14(3)8-9-15-7-5-6-13(2)10-15;1-3-9-15(10-4-2)13-11-7-5-6-8-12(11)16-14-13/h5-10,16-18H,3-4,11-12H2,1-2H3;5-8H,3-4,9-10H2,1-2H3/b9-8+;. The highest BCUT2D eigenvalue weighted by molar-refractivity contribution is 7.13. The number of hydrogen-bond acceptors (Lipinski definition) is 4. The predicted molar refractivity (Wildman–Crippen MR) is 152 cm³/mol. The molecule has 1 aromatic heterocycles. The van der Waals surface area contributed by atoms with Gasteiger partial charge in [-0.2, -0.15) is 4.37 Å². The lowest BCUT2D eigenvalue weighted by atomic mass is 10.1. The lowest BCUT2D eigenvalue weighted by molar-refractivity contribution is 0.641. The van der Waals surface area contributed by atoms with Crippen molar-refractivity contribution < 1.29 is 0 Å². The quantitative estimate of drug-likeness (QED) is 0.284. The number of nitrogens with one attached hydrogen (secondary N) is 1. The second-order valence-electron chi connectivity index (χ2n) is 9.31. The molecule has 34 heavy (non-hydrogen) atoms. The first-order chi connectivity index (χ1) is 16.5. The van der Waals surface area contributed by atoms with Gasteiger partial charge in [0.15, 0.2) is 0 Å². The molecular formula is C30H41N3S. The number of aromatic nitrogens is 1. The molecule has 4 rings (SSSR count). The van der Waals surface area contributed by atoms with Crippen molar-refractivity contribution in [3.8, 4) is 0 Å². The fourth-order valence-corrected chi connectivity index (χ4v) is 5.11. The van der Waals surface area contributed by atoms with Crippen molar-refractivity contribution >= 4 is 33.5 Å². The molecule has 2 aromatic carbocycles. The Morgan fingerprint density at radius 3 is 2.53 bits per heavy atom. The first kappa shape index (κ1) is 26.0. The summed E-state index contributed by atoms with van der Waals surface area (Å²) in [4.78, 5) is 2.40. The Hall–Kier alpha value is -2.59. The molecule has 0 aliphatic heterocycles. The molecular weight excluding hydrogens is 434 g/mol. The number of anilines is 1. The van der Waals surface area contributed by atoms with E-state index in [0.29, 0.717) is 0 Å². The number of hydrogen-bond donors (Lipinski definition) is 1. The van der Waals surface area contributed by atoms with Gasteiger partial charge in [0, 0.05) is 30.7 Å². The number of nitrogens with zero attached hydrogens (tertiary/aromatic N) is 2. The summed E-state index contributed by atoms with van der Waals surface area (Å²) in [6, 6.07) is 17.0. The van der Waals surface area contributed by atoms with E-state index in [1.807, 2.05) is 0 Å². The van der Waals surface area contributed by atoms with Gasteiger partial charge in [0.05, 0.1) is 4.70 Å². The van der Waals surface area contributed by atoms with E-state index in [-0.39, 0.29) is 0 Å². The summed E-state index contributed by atoms with van der Waals surface area (Å²) < 4.78 is 5.89. The second-order valence-corrected chi connectivity index (χ2v) is 10.1. The minimum Gasteiger partial charge on any atom is -0.385 e. The molecule has 0 spiro atoms. The number of allylic oxidation sites excluding steroid dienone is 1. The summed E-state index contributed by atoms with van der Waals surface area (Å²) in [5.41, 5.74) is 3.54. The molecule has 1 saturated carbocycles. The van der Waals surface area contributed by atoms with E-state index in [4.69, 9.17) is 0 Å². The predicted octanol–water partition coefficient (Wildman–Crippen LogP) is 8.08. The van der Waals surface area contributed by atoms with Gasteiger partial charge in [-0.1, -0.05) is 81.8 Å².